The summed E-state index contributed by atoms with van der Waals surface area (Å²) in [5.41, 5.74) is 3.35. The molecular formula is C17H17Cl2N5. The van der Waals surface area contributed by atoms with Crippen molar-refractivity contribution < 1.29 is 0 Å². The van der Waals surface area contributed by atoms with Crippen LogP contribution >= 0.6 is 23.2 Å². The molecule has 24 heavy (non-hydrogen) atoms. The minimum absolute atomic E-state index is 0.594. The van der Waals surface area contributed by atoms with Gasteiger partial charge in [-0.1, -0.05) is 36.2 Å². The molecule has 0 saturated heterocycles. The Balaban J connectivity index is 1.71. The molecule has 0 spiro atoms. The number of anilines is 1. The molecular weight excluding hydrogens is 345 g/mol. The van der Waals surface area contributed by atoms with E-state index in [1.54, 1.807) is 10.6 Å². The molecule has 124 valence electrons. The van der Waals surface area contributed by atoms with E-state index >= 15 is 0 Å². The topological polar surface area (TPSA) is 55.1 Å². The van der Waals surface area contributed by atoms with Crippen molar-refractivity contribution in [2.24, 2.45) is 5.92 Å². The number of fused-ring (bicyclic) bond motifs is 2. The summed E-state index contributed by atoms with van der Waals surface area (Å²) in [5, 5.41) is 9.10. The summed E-state index contributed by atoms with van der Waals surface area (Å²) >= 11 is 12.3. The molecule has 0 amide bonds. The van der Waals surface area contributed by atoms with Crippen LogP contribution < -0.4 is 5.32 Å². The average Bonchev–Trinajstić information content (AvgIpc) is 3.00. The van der Waals surface area contributed by atoms with Gasteiger partial charge in [0.25, 0.3) is 5.78 Å². The molecule has 0 aliphatic heterocycles. The highest BCUT2D eigenvalue weighted by molar-refractivity contribution is 6.35. The number of hydrogen-bond donors (Lipinski definition) is 1. The first kappa shape index (κ1) is 15.7. The molecule has 1 aliphatic carbocycles. The van der Waals surface area contributed by atoms with Crippen LogP contribution in [0.5, 0.6) is 0 Å². The average molecular weight is 362 g/mol. The number of hydrogen-bond acceptors (Lipinski definition) is 4. The van der Waals surface area contributed by atoms with Crippen molar-refractivity contribution in [2.75, 3.05) is 5.32 Å². The fourth-order valence-corrected chi connectivity index (χ4v) is 3.68. The zero-order chi connectivity index (χ0) is 16.7. The fraction of sp³-hybridized carbons (Fsp3) is 0.353. The third kappa shape index (κ3) is 2.82. The quantitative estimate of drug-likeness (QED) is 0.760. The third-order valence-corrected chi connectivity index (χ3v) is 5.09. The number of nitrogens with one attached hydrogen (secondary N) is 1. The van der Waals surface area contributed by atoms with Gasteiger partial charge in [-0.05, 0) is 42.9 Å². The van der Waals surface area contributed by atoms with Crippen molar-refractivity contribution in [2.45, 2.75) is 32.7 Å². The summed E-state index contributed by atoms with van der Waals surface area (Å²) in [5.74, 6) is 2.24. The summed E-state index contributed by atoms with van der Waals surface area (Å²) in [7, 11) is 0. The SMILES string of the molecule is C[C@@H]1CCc2c(nc3ncnn3c2NCc2ccc(Cl)cc2Cl)C1. The second-order valence-electron chi connectivity index (χ2n) is 6.29. The molecule has 2 aromatic heterocycles. The van der Waals surface area contributed by atoms with Crippen molar-refractivity contribution in [3.05, 3.63) is 51.4 Å². The number of benzene rings is 1. The van der Waals surface area contributed by atoms with Crippen LogP contribution in [0.4, 0.5) is 5.82 Å². The van der Waals surface area contributed by atoms with Crippen LogP contribution in [0.25, 0.3) is 5.78 Å². The molecule has 1 N–H and O–H groups in total. The molecule has 1 aliphatic rings. The van der Waals surface area contributed by atoms with Gasteiger partial charge in [-0.3, -0.25) is 0 Å². The predicted molar refractivity (Wildman–Crippen MR) is 95.8 cm³/mol. The Morgan fingerprint density at radius 1 is 1.33 bits per heavy atom. The van der Waals surface area contributed by atoms with Gasteiger partial charge in [-0.15, -0.1) is 0 Å². The fourth-order valence-electron chi connectivity index (χ4n) is 3.20. The van der Waals surface area contributed by atoms with E-state index in [9.17, 15) is 0 Å². The van der Waals surface area contributed by atoms with E-state index in [4.69, 9.17) is 23.2 Å². The van der Waals surface area contributed by atoms with E-state index in [1.807, 2.05) is 12.1 Å². The maximum absolute atomic E-state index is 6.28. The van der Waals surface area contributed by atoms with Crippen LogP contribution in [-0.4, -0.2) is 19.6 Å². The summed E-state index contributed by atoms with van der Waals surface area (Å²) in [6, 6.07) is 5.54. The Kier molecular flexibility index (Phi) is 4.06. The summed E-state index contributed by atoms with van der Waals surface area (Å²) < 4.78 is 1.78. The third-order valence-electron chi connectivity index (χ3n) is 4.50. The number of halogens is 2. The summed E-state index contributed by atoms with van der Waals surface area (Å²) in [6.07, 6.45) is 4.67. The van der Waals surface area contributed by atoms with Crippen molar-refractivity contribution >= 4 is 34.8 Å². The first-order valence-electron chi connectivity index (χ1n) is 8.01. The van der Waals surface area contributed by atoms with Gasteiger partial charge in [0.05, 0.1) is 5.69 Å². The largest absolute Gasteiger partial charge is 0.365 e. The molecule has 0 fully saturated rings. The van der Waals surface area contributed by atoms with Gasteiger partial charge >= 0.3 is 0 Å². The lowest BCUT2D eigenvalue weighted by atomic mass is 9.88. The molecule has 4 rings (SSSR count). The Morgan fingerprint density at radius 3 is 3.04 bits per heavy atom. The zero-order valence-electron chi connectivity index (χ0n) is 13.3. The normalized spacial score (nSPS) is 17.0. The molecule has 0 saturated carbocycles. The monoisotopic (exact) mass is 361 g/mol. The van der Waals surface area contributed by atoms with Crippen molar-refractivity contribution in [1.82, 2.24) is 19.6 Å². The second-order valence-corrected chi connectivity index (χ2v) is 7.14. The van der Waals surface area contributed by atoms with Gasteiger partial charge in [0.2, 0.25) is 0 Å². The predicted octanol–water partition coefficient (Wildman–Crippen LogP) is 4.17. The van der Waals surface area contributed by atoms with E-state index in [2.05, 4.69) is 27.3 Å². The Bertz CT molecular complexity index is 905. The van der Waals surface area contributed by atoms with Crippen molar-refractivity contribution in [1.29, 1.82) is 0 Å². The first-order chi connectivity index (χ1) is 11.6. The van der Waals surface area contributed by atoms with E-state index < -0.39 is 0 Å². The molecule has 0 radical (unpaired) electrons. The number of rotatable bonds is 3. The van der Waals surface area contributed by atoms with Gasteiger partial charge < -0.3 is 5.32 Å². The molecule has 7 heteroatoms. The standard InChI is InChI=1S/C17H17Cl2N5/c1-10-2-5-13-15(6-10)23-17-21-9-22-24(17)16(13)20-8-11-3-4-12(18)7-14(11)19/h3-4,7,9-10,20H,2,5-6,8H2,1H3/t10-/m1/s1. The summed E-state index contributed by atoms with van der Waals surface area (Å²) in [4.78, 5) is 8.93. The highest BCUT2D eigenvalue weighted by Gasteiger charge is 2.22. The molecule has 2 heterocycles. The number of aromatic nitrogens is 4. The Labute approximate surface area is 150 Å². The van der Waals surface area contributed by atoms with Gasteiger partial charge in [0.1, 0.15) is 12.1 Å². The van der Waals surface area contributed by atoms with Crippen LogP contribution in [0.1, 0.15) is 30.2 Å². The van der Waals surface area contributed by atoms with Gasteiger partial charge in [0.15, 0.2) is 0 Å². The molecule has 3 aromatic rings. The second kappa shape index (κ2) is 6.22. The van der Waals surface area contributed by atoms with Crippen LogP contribution in [0.3, 0.4) is 0 Å². The van der Waals surface area contributed by atoms with Gasteiger partial charge in [0, 0.05) is 22.2 Å². The van der Waals surface area contributed by atoms with Crippen LogP contribution in [0, 0.1) is 5.92 Å². The van der Waals surface area contributed by atoms with Crippen LogP contribution in [-0.2, 0) is 19.4 Å². The summed E-state index contributed by atoms with van der Waals surface area (Å²) in [6.45, 7) is 2.86. The van der Waals surface area contributed by atoms with Crippen LogP contribution in [0.15, 0.2) is 24.5 Å². The smallest absolute Gasteiger partial charge is 0.254 e. The van der Waals surface area contributed by atoms with E-state index in [0.29, 0.717) is 28.3 Å². The Morgan fingerprint density at radius 2 is 2.21 bits per heavy atom. The van der Waals surface area contributed by atoms with Crippen molar-refractivity contribution in [3.8, 4) is 0 Å². The number of nitrogens with zero attached hydrogens (tertiary/aromatic N) is 4. The van der Waals surface area contributed by atoms with Crippen molar-refractivity contribution in [3.63, 3.8) is 0 Å². The highest BCUT2D eigenvalue weighted by atomic mass is 35.5. The van der Waals surface area contributed by atoms with E-state index in [0.717, 1.165) is 36.3 Å². The minimum Gasteiger partial charge on any atom is -0.365 e. The maximum atomic E-state index is 6.28. The van der Waals surface area contributed by atoms with Gasteiger partial charge in [-0.25, -0.2) is 4.98 Å². The molecule has 1 atom stereocenters. The molecule has 5 nitrogen and oxygen atoms in total. The van der Waals surface area contributed by atoms with Crippen LogP contribution in [0.2, 0.25) is 10.0 Å². The highest BCUT2D eigenvalue weighted by Crippen LogP contribution is 2.30. The zero-order valence-corrected chi connectivity index (χ0v) is 14.8. The lowest BCUT2D eigenvalue weighted by Crippen LogP contribution is -2.19. The molecule has 1 aromatic carbocycles. The Hall–Kier alpha value is -1.85. The van der Waals surface area contributed by atoms with Gasteiger partial charge in [-0.2, -0.15) is 14.6 Å². The lowest BCUT2D eigenvalue weighted by Gasteiger charge is -2.23. The maximum Gasteiger partial charge on any atom is 0.254 e. The van der Waals surface area contributed by atoms with E-state index in [1.165, 1.54) is 11.9 Å². The minimum atomic E-state index is 0.594. The van der Waals surface area contributed by atoms with E-state index in [-0.39, 0.29) is 0 Å². The molecule has 0 unspecified atom stereocenters. The lowest BCUT2D eigenvalue weighted by molar-refractivity contribution is 0.491. The molecule has 0 bridgehead atoms. The first-order valence-corrected chi connectivity index (χ1v) is 8.76.